The van der Waals surface area contributed by atoms with Crippen LogP contribution in [-0.2, 0) is 0 Å². The van der Waals surface area contributed by atoms with Gasteiger partial charge in [0.25, 0.3) is 0 Å². The van der Waals surface area contributed by atoms with Crippen molar-refractivity contribution >= 4 is 11.7 Å². The number of carboxylic acid groups (broad SMARTS) is 1. The number of nitrogens with one attached hydrogen (secondary N) is 2. The Balaban J connectivity index is 1.78. The average Bonchev–Trinajstić information content (AvgIpc) is 3.36. The minimum Gasteiger partial charge on any atom is -0.478 e. The molecule has 120 valence electrons. The molecule has 0 spiro atoms. The summed E-state index contributed by atoms with van der Waals surface area (Å²) in [5, 5.41) is 15.9. The molecular weight excluding hydrogens is 290 g/mol. The number of rotatable bonds is 6. The number of carboxylic acids is 1. The van der Waals surface area contributed by atoms with Gasteiger partial charge in [-0.15, -0.1) is 0 Å². The molecule has 1 heterocycles. The van der Waals surface area contributed by atoms with Gasteiger partial charge in [-0.25, -0.2) is 4.79 Å². The van der Waals surface area contributed by atoms with Gasteiger partial charge in [0.1, 0.15) is 0 Å². The molecule has 1 aliphatic carbocycles. The van der Waals surface area contributed by atoms with E-state index in [-0.39, 0.29) is 11.1 Å². The lowest BCUT2D eigenvalue weighted by Crippen LogP contribution is -2.42. The quantitative estimate of drug-likeness (QED) is 0.765. The molecule has 23 heavy (non-hydrogen) atoms. The summed E-state index contributed by atoms with van der Waals surface area (Å²) in [4.78, 5) is 15.2. The van der Waals surface area contributed by atoms with Crippen LogP contribution in [0.25, 0.3) is 11.1 Å². The SMILES string of the molecule is CNC1(C(C)Nc2cncc(-c3ccc(C(=O)O)cc3)c2)CC1. The molecule has 1 fully saturated rings. The number of anilines is 1. The predicted molar refractivity (Wildman–Crippen MR) is 90.7 cm³/mol. The zero-order valence-electron chi connectivity index (χ0n) is 13.3. The number of benzene rings is 1. The van der Waals surface area contributed by atoms with Gasteiger partial charge in [-0.1, -0.05) is 12.1 Å². The molecule has 1 atom stereocenters. The molecule has 1 unspecified atom stereocenters. The van der Waals surface area contributed by atoms with E-state index in [1.807, 2.05) is 31.4 Å². The normalized spacial score (nSPS) is 16.6. The molecule has 5 heteroatoms. The highest BCUT2D eigenvalue weighted by Gasteiger charge is 2.46. The lowest BCUT2D eigenvalue weighted by Gasteiger charge is -2.25. The van der Waals surface area contributed by atoms with E-state index in [4.69, 9.17) is 5.11 Å². The van der Waals surface area contributed by atoms with Gasteiger partial charge in [-0.2, -0.15) is 0 Å². The average molecular weight is 311 g/mol. The second kappa shape index (κ2) is 6.01. The molecule has 0 aliphatic heterocycles. The van der Waals surface area contributed by atoms with Crippen molar-refractivity contribution in [2.75, 3.05) is 12.4 Å². The van der Waals surface area contributed by atoms with E-state index in [0.717, 1.165) is 16.8 Å². The van der Waals surface area contributed by atoms with Crippen LogP contribution in [0.5, 0.6) is 0 Å². The first kappa shape index (κ1) is 15.5. The van der Waals surface area contributed by atoms with Gasteiger partial charge >= 0.3 is 5.97 Å². The van der Waals surface area contributed by atoms with Crippen molar-refractivity contribution < 1.29 is 9.90 Å². The maximum Gasteiger partial charge on any atom is 0.335 e. The van der Waals surface area contributed by atoms with Crippen LogP contribution >= 0.6 is 0 Å². The maximum absolute atomic E-state index is 10.9. The predicted octanol–water partition coefficient (Wildman–Crippen LogP) is 3.00. The second-order valence-corrected chi connectivity index (χ2v) is 6.12. The Hall–Kier alpha value is -2.40. The van der Waals surface area contributed by atoms with Gasteiger partial charge in [0, 0.05) is 29.5 Å². The number of carbonyl (C=O) groups is 1. The molecule has 5 nitrogen and oxygen atoms in total. The van der Waals surface area contributed by atoms with Gasteiger partial charge < -0.3 is 15.7 Å². The molecule has 0 amide bonds. The van der Waals surface area contributed by atoms with Crippen molar-refractivity contribution in [3.05, 3.63) is 48.3 Å². The topological polar surface area (TPSA) is 74.2 Å². The molecule has 0 bridgehead atoms. The number of hydrogen-bond donors (Lipinski definition) is 3. The van der Waals surface area contributed by atoms with Crippen LogP contribution < -0.4 is 10.6 Å². The van der Waals surface area contributed by atoms with Crippen molar-refractivity contribution in [3.63, 3.8) is 0 Å². The van der Waals surface area contributed by atoms with Crippen molar-refractivity contribution in [2.45, 2.75) is 31.3 Å². The minimum atomic E-state index is -0.916. The van der Waals surface area contributed by atoms with Crippen LogP contribution in [0.4, 0.5) is 5.69 Å². The molecule has 1 saturated carbocycles. The van der Waals surface area contributed by atoms with Crippen molar-refractivity contribution in [1.82, 2.24) is 10.3 Å². The van der Waals surface area contributed by atoms with E-state index in [1.165, 1.54) is 12.8 Å². The Morgan fingerprint density at radius 2 is 1.91 bits per heavy atom. The smallest absolute Gasteiger partial charge is 0.335 e. The first-order chi connectivity index (χ1) is 11.0. The number of hydrogen-bond acceptors (Lipinski definition) is 4. The second-order valence-electron chi connectivity index (χ2n) is 6.12. The van der Waals surface area contributed by atoms with Crippen LogP contribution in [0.1, 0.15) is 30.1 Å². The van der Waals surface area contributed by atoms with E-state index in [1.54, 1.807) is 18.3 Å². The first-order valence-corrected chi connectivity index (χ1v) is 7.78. The molecule has 0 saturated heterocycles. The third-order valence-corrected chi connectivity index (χ3v) is 4.70. The van der Waals surface area contributed by atoms with Crippen LogP contribution in [0.15, 0.2) is 42.7 Å². The number of pyridine rings is 1. The van der Waals surface area contributed by atoms with E-state index >= 15 is 0 Å². The summed E-state index contributed by atoms with van der Waals surface area (Å²) >= 11 is 0. The lowest BCUT2D eigenvalue weighted by atomic mass is 10.0. The monoisotopic (exact) mass is 311 g/mol. The van der Waals surface area contributed by atoms with Gasteiger partial charge in [0.15, 0.2) is 0 Å². The van der Waals surface area contributed by atoms with Crippen LogP contribution in [0, 0.1) is 0 Å². The third-order valence-electron chi connectivity index (χ3n) is 4.70. The maximum atomic E-state index is 10.9. The van der Waals surface area contributed by atoms with Gasteiger partial charge in [0.2, 0.25) is 0 Å². The van der Waals surface area contributed by atoms with Crippen LogP contribution in [0.2, 0.25) is 0 Å². The zero-order chi connectivity index (χ0) is 16.4. The highest BCUT2D eigenvalue weighted by molar-refractivity contribution is 5.88. The third kappa shape index (κ3) is 3.19. The Kier molecular flexibility index (Phi) is 4.05. The van der Waals surface area contributed by atoms with Gasteiger partial charge in [-0.3, -0.25) is 4.98 Å². The van der Waals surface area contributed by atoms with E-state index in [9.17, 15) is 4.79 Å². The summed E-state index contributed by atoms with van der Waals surface area (Å²) in [6.07, 6.45) is 5.97. The molecular formula is C18H21N3O2. The first-order valence-electron chi connectivity index (χ1n) is 7.78. The molecule has 3 rings (SSSR count). The number of aromatic nitrogens is 1. The number of aromatic carboxylic acids is 1. The fourth-order valence-corrected chi connectivity index (χ4v) is 2.90. The van der Waals surface area contributed by atoms with Gasteiger partial charge in [0.05, 0.1) is 11.3 Å². The van der Waals surface area contributed by atoms with Crippen LogP contribution in [0.3, 0.4) is 0 Å². The molecule has 2 aromatic rings. The summed E-state index contributed by atoms with van der Waals surface area (Å²) < 4.78 is 0. The minimum absolute atomic E-state index is 0.194. The molecule has 1 aromatic carbocycles. The highest BCUT2D eigenvalue weighted by Crippen LogP contribution is 2.39. The molecule has 1 aliphatic rings. The van der Waals surface area contributed by atoms with E-state index in [0.29, 0.717) is 6.04 Å². The molecule has 3 N–H and O–H groups in total. The van der Waals surface area contributed by atoms with Gasteiger partial charge in [-0.05, 0) is 50.6 Å². The largest absolute Gasteiger partial charge is 0.478 e. The Morgan fingerprint density at radius 3 is 2.48 bits per heavy atom. The fraction of sp³-hybridized carbons (Fsp3) is 0.333. The molecule has 1 aromatic heterocycles. The van der Waals surface area contributed by atoms with Crippen molar-refractivity contribution in [3.8, 4) is 11.1 Å². The zero-order valence-corrected chi connectivity index (χ0v) is 13.3. The van der Waals surface area contributed by atoms with E-state index < -0.39 is 5.97 Å². The molecule has 0 radical (unpaired) electrons. The summed E-state index contributed by atoms with van der Waals surface area (Å²) in [6.45, 7) is 2.18. The fourth-order valence-electron chi connectivity index (χ4n) is 2.90. The summed E-state index contributed by atoms with van der Waals surface area (Å²) in [7, 11) is 2.00. The standard InChI is InChI=1S/C18H21N3O2/c1-12(18(19-2)7-8-18)21-16-9-15(10-20-11-16)13-3-5-14(6-4-13)17(22)23/h3-6,9-12,19,21H,7-8H2,1-2H3,(H,22,23). The summed E-state index contributed by atoms with van der Waals surface area (Å²) in [6, 6.07) is 9.21. The number of likely N-dealkylation sites (N-methyl/N-ethyl adjacent to an activating group) is 1. The van der Waals surface area contributed by atoms with Crippen molar-refractivity contribution in [1.29, 1.82) is 0 Å². The van der Waals surface area contributed by atoms with E-state index in [2.05, 4.69) is 22.5 Å². The summed E-state index contributed by atoms with van der Waals surface area (Å²) in [5.41, 5.74) is 3.37. The Bertz CT molecular complexity index is 708. The Labute approximate surface area is 135 Å². The lowest BCUT2D eigenvalue weighted by molar-refractivity contribution is 0.0697. The Morgan fingerprint density at radius 1 is 1.22 bits per heavy atom. The highest BCUT2D eigenvalue weighted by atomic mass is 16.4. The summed E-state index contributed by atoms with van der Waals surface area (Å²) in [5.74, 6) is -0.916. The van der Waals surface area contributed by atoms with Crippen LogP contribution in [-0.4, -0.2) is 34.7 Å². The number of nitrogens with zero attached hydrogens (tertiary/aromatic N) is 1. The van der Waals surface area contributed by atoms with Crippen molar-refractivity contribution in [2.24, 2.45) is 0 Å².